The van der Waals surface area contributed by atoms with Crippen LogP contribution in [0.15, 0.2) is 47.6 Å². The van der Waals surface area contributed by atoms with E-state index in [-0.39, 0.29) is 11.5 Å². The van der Waals surface area contributed by atoms with E-state index in [0.717, 1.165) is 28.8 Å². The summed E-state index contributed by atoms with van der Waals surface area (Å²) >= 11 is 2.79. The quantitative estimate of drug-likeness (QED) is 0.138. The summed E-state index contributed by atoms with van der Waals surface area (Å²) in [5.74, 6) is 1.08. The van der Waals surface area contributed by atoms with Gasteiger partial charge in [-0.25, -0.2) is 18.7 Å². The Balaban J connectivity index is 1.73. The van der Waals surface area contributed by atoms with Crippen LogP contribution < -0.4 is 4.74 Å². The van der Waals surface area contributed by atoms with E-state index >= 15 is 0 Å². The van der Waals surface area contributed by atoms with Gasteiger partial charge in [-0.05, 0) is 55.3 Å². The van der Waals surface area contributed by atoms with E-state index in [4.69, 9.17) is 4.74 Å². The van der Waals surface area contributed by atoms with Gasteiger partial charge in [0.25, 0.3) is 6.43 Å². The fourth-order valence-corrected chi connectivity index (χ4v) is 4.96. The molecule has 0 aliphatic rings. The fraction of sp³-hybridized carbons (Fsp3) is 0.292. The predicted octanol–water partition coefficient (Wildman–Crippen LogP) is 6.93. The van der Waals surface area contributed by atoms with E-state index in [1.807, 2.05) is 30.3 Å². The number of halogens is 2. The molecule has 3 rings (SSSR count). The number of ketones is 1. The normalized spacial score (nSPS) is 11.4. The molecule has 3 aromatic rings. The molecule has 0 fully saturated rings. The summed E-state index contributed by atoms with van der Waals surface area (Å²) in [4.78, 5) is 22.6. The highest BCUT2D eigenvalue weighted by Crippen LogP contribution is 2.29. The molecule has 4 nitrogen and oxygen atoms in total. The van der Waals surface area contributed by atoms with E-state index < -0.39 is 6.43 Å². The number of nitrogens with zero attached hydrogens (tertiary/aromatic N) is 2. The monoisotopic (exact) mass is 474 g/mol. The zero-order valence-electron chi connectivity index (χ0n) is 18.1. The van der Waals surface area contributed by atoms with Crippen molar-refractivity contribution in [2.24, 2.45) is 0 Å². The molecule has 0 radical (unpaired) electrons. The van der Waals surface area contributed by atoms with E-state index in [1.54, 1.807) is 26.2 Å². The Kier molecular flexibility index (Phi) is 8.53. The first-order chi connectivity index (χ1) is 15.4. The maximum Gasteiger partial charge on any atom is 0.280 e. The molecule has 0 amide bonds. The van der Waals surface area contributed by atoms with Crippen LogP contribution in [0.5, 0.6) is 5.75 Å². The number of rotatable bonds is 10. The lowest BCUT2D eigenvalue weighted by Crippen LogP contribution is -1.98. The molecule has 1 aromatic carbocycles. The molecule has 0 unspecified atom stereocenters. The number of carbonyl (C=O) groups is 1. The molecule has 0 aliphatic heterocycles. The number of aryl methyl sites for hydroxylation is 2. The van der Waals surface area contributed by atoms with Gasteiger partial charge in [0.15, 0.2) is 10.9 Å². The highest BCUT2D eigenvalue weighted by atomic mass is 32.2. The van der Waals surface area contributed by atoms with Crippen molar-refractivity contribution in [3.05, 3.63) is 74.7 Å². The van der Waals surface area contributed by atoms with Crippen LogP contribution in [0.2, 0.25) is 0 Å². The minimum atomic E-state index is -2.64. The summed E-state index contributed by atoms with van der Waals surface area (Å²) < 4.78 is 31.5. The average molecular weight is 475 g/mol. The molecule has 0 saturated carbocycles. The second-order valence-corrected chi connectivity index (χ2v) is 9.20. The van der Waals surface area contributed by atoms with Gasteiger partial charge in [-0.15, -0.1) is 11.3 Å². The van der Waals surface area contributed by atoms with Crippen molar-refractivity contribution in [3.63, 3.8) is 0 Å². The fourth-order valence-electron chi connectivity index (χ4n) is 3.04. The number of thioether (sulfide) groups is 1. The van der Waals surface area contributed by atoms with Crippen LogP contribution in [0.4, 0.5) is 8.78 Å². The van der Waals surface area contributed by atoms with Crippen LogP contribution in [0.25, 0.3) is 6.08 Å². The second-order valence-electron chi connectivity index (χ2n) is 7.09. The summed E-state index contributed by atoms with van der Waals surface area (Å²) in [5, 5.41) is 0.291. The van der Waals surface area contributed by atoms with Gasteiger partial charge >= 0.3 is 0 Å². The van der Waals surface area contributed by atoms with Gasteiger partial charge in [-0.1, -0.05) is 37.2 Å². The molecule has 0 spiro atoms. The van der Waals surface area contributed by atoms with Gasteiger partial charge in [0.05, 0.1) is 12.0 Å². The van der Waals surface area contributed by atoms with Crippen molar-refractivity contribution in [2.45, 2.75) is 44.0 Å². The van der Waals surface area contributed by atoms with Gasteiger partial charge in [0.2, 0.25) is 0 Å². The summed E-state index contributed by atoms with van der Waals surface area (Å²) in [5.41, 5.74) is 1.92. The molecule has 0 N–H and O–H groups in total. The molecule has 2 heterocycles. The van der Waals surface area contributed by atoms with Crippen molar-refractivity contribution >= 4 is 35.0 Å². The van der Waals surface area contributed by atoms with Crippen LogP contribution in [-0.4, -0.2) is 22.9 Å². The molecule has 0 aliphatic carbocycles. The summed E-state index contributed by atoms with van der Waals surface area (Å²) in [6, 6.07) is 10.8. The maximum absolute atomic E-state index is 13.0. The van der Waals surface area contributed by atoms with Crippen LogP contribution >= 0.6 is 23.1 Å². The van der Waals surface area contributed by atoms with Crippen molar-refractivity contribution in [2.75, 3.05) is 7.11 Å². The third-order valence-electron chi connectivity index (χ3n) is 4.57. The molecule has 2 aromatic heterocycles. The number of aromatic nitrogens is 2. The van der Waals surface area contributed by atoms with E-state index in [0.29, 0.717) is 22.4 Å². The largest absolute Gasteiger partial charge is 0.496 e. The third-order valence-corrected chi connectivity index (χ3v) is 6.62. The van der Waals surface area contributed by atoms with Crippen molar-refractivity contribution in [1.29, 1.82) is 0 Å². The topological polar surface area (TPSA) is 52.1 Å². The van der Waals surface area contributed by atoms with Crippen LogP contribution in [-0.2, 0) is 12.2 Å². The lowest BCUT2D eigenvalue weighted by atomic mass is 10.1. The molecular weight excluding hydrogens is 450 g/mol. The summed E-state index contributed by atoms with van der Waals surface area (Å²) in [6.07, 6.45) is 2.72. The average Bonchev–Trinajstić information content (AvgIpc) is 3.24. The van der Waals surface area contributed by atoms with Gasteiger partial charge in [0.1, 0.15) is 11.4 Å². The predicted molar refractivity (Wildman–Crippen MR) is 126 cm³/mol. The number of methoxy groups -OCH3 is 1. The number of hydrogen-bond acceptors (Lipinski definition) is 6. The minimum Gasteiger partial charge on any atom is -0.496 e. The van der Waals surface area contributed by atoms with Gasteiger partial charge in [0, 0.05) is 21.9 Å². The van der Waals surface area contributed by atoms with E-state index in [1.165, 1.54) is 34.0 Å². The van der Waals surface area contributed by atoms with E-state index in [2.05, 4.69) is 16.9 Å². The zero-order valence-corrected chi connectivity index (χ0v) is 19.7. The molecule has 168 valence electrons. The Morgan fingerprint density at radius 2 is 2.03 bits per heavy atom. The first-order valence-electron chi connectivity index (χ1n) is 10.1. The first kappa shape index (κ1) is 24.1. The van der Waals surface area contributed by atoms with Crippen LogP contribution in [0, 0.1) is 6.92 Å². The molecule has 32 heavy (non-hydrogen) atoms. The van der Waals surface area contributed by atoms with Gasteiger partial charge in [-0.2, -0.15) is 0 Å². The number of hydrogen-bond donors (Lipinski definition) is 0. The number of benzene rings is 1. The van der Waals surface area contributed by atoms with Crippen LogP contribution in [0.1, 0.15) is 56.8 Å². The Labute approximate surface area is 194 Å². The van der Waals surface area contributed by atoms with Crippen molar-refractivity contribution < 1.29 is 18.3 Å². The highest BCUT2D eigenvalue weighted by Gasteiger charge is 2.13. The first-order valence-corrected chi connectivity index (χ1v) is 11.9. The summed E-state index contributed by atoms with van der Waals surface area (Å²) in [7, 11) is 1.57. The van der Waals surface area contributed by atoms with Crippen molar-refractivity contribution in [3.8, 4) is 5.75 Å². The Morgan fingerprint density at radius 3 is 2.75 bits per heavy atom. The molecule has 0 atom stereocenters. The molecule has 0 saturated heterocycles. The summed E-state index contributed by atoms with van der Waals surface area (Å²) in [6.45, 7) is 3.78. The van der Waals surface area contributed by atoms with Crippen LogP contribution in [0.3, 0.4) is 0 Å². The number of ether oxygens (including phenoxy) is 1. The zero-order chi connectivity index (χ0) is 23.1. The van der Waals surface area contributed by atoms with Gasteiger partial charge < -0.3 is 4.74 Å². The Morgan fingerprint density at radius 1 is 1.22 bits per heavy atom. The molecular formula is C24H24F2N2O2S2. The third kappa shape index (κ3) is 6.46. The molecule has 8 heteroatoms. The van der Waals surface area contributed by atoms with E-state index in [9.17, 15) is 13.6 Å². The highest BCUT2D eigenvalue weighted by molar-refractivity contribution is 7.98. The molecule has 0 bridgehead atoms. The number of alkyl halides is 2. The maximum atomic E-state index is 13.0. The van der Waals surface area contributed by atoms with Gasteiger partial charge in [-0.3, -0.25) is 4.79 Å². The number of thiophene rings is 1. The van der Waals surface area contributed by atoms with Crippen molar-refractivity contribution in [1.82, 2.24) is 9.97 Å². The minimum absolute atomic E-state index is 0.0308. The standard InChI is InChI=1S/C24H24F2N2O2S2/c1-4-5-18-8-11-22(32-18)20(29)9-6-16-7-10-21(30-3)17(13-16)14-31-24-27-15(2)12-19(28-24)23(25)26/h6-13,23H,4-5,14H2,1-3H3/b9-6+. The lowest BCUT2D eigenvalue weighted by Gasteiger charge is -2.10. The smallest absolute Gasteiger partial charge is 0.280 e. The number of carbonyl (C=O) groups excluding carboxylic acids is 1. The SMILES string of the molecule is CCCc1ccc(C(=O)/C=C/c2ccc(OC)c(CSc3nc(C)cc(C(F)F)n3)c2)s1. The second kappa shape index (κ2) is 11.3. The Bertz CT molecular complexity index is 1110. The number of allylic oxidation sites excluding steroid dienone is 1. The lowest BCUT2D eigenvalue weighted by molar-refractivity contribution is 0.105. The Hall–Kier alpha value is -2.58.